The molecule has 0 bridgehead atoms. The summed E-state index contributed by atoms with van der Waals surface area (Å²) in [5.74, 6) is -0.484. The lowest BCUT2D eigenvalue weighted by Gasteiger charge is -2.31. The van der Waals surface area contributed by atoms with E-state index in [1.165, 1.54) is 22.5 Å². The third-order valence-electron chi connectivity index (χ3n) is 5.17. The Hall–Kier alpha value is -2.72. The van der Waals surface area contributed by atoms with Gasteiger partial charge in [0.05, 0.1) is 11.5 Å². The molecule has 7 nitrogen and oxygen atoms in total. The van der Waals surface area contributed by atoms with Gasteiger partial charge in [-0.1, -0.05) is 17.7 Å². The Kier molecular flexibility index (Phi) is 7.68. The van der Waals surface area contributed by atoms with Gasteiger partial charge in [-0.05, 0) is 57.0 Å². The van der Waals surface area contributed by atoms with Crippen LogP contribution < -0.4 is 14.8 Å². The smallest absolute Gasteiger partial charge is 0.387 e. The van der Waals surface area contributed by atoms with Gasteiger partial charge in [0.15, 0.2) is 11.5 Å². The van der Waals surface area contributed by atoms with Crippen LogP contribution in [0, 0.1) is 6.92 Å². The molecule has 0 spiro atoms. The Balaban J connectivity index is 1.62. The largest absolute Gasteiger partial charge is 0.490 e. The number of nitrogens with zero attached hydrogens (tertiary/aromatic N) is 1. The highest BCUT2D eigenvalue weighted by Crippen LogP contribution is 2.30. The molecule has 0 atom stereocenters. The Morgan fingerprint density at radius 3 is 2.38 bits per heavy atom. The van der Waals surface area contributed by atoms with Gasteiger partial charge in [0.1, 0.15) is 0 Å². The molecule has 0 aromatic heterocycles. The number of hydrogen-bond donors (Lipinski definition) is 1. The molecule has 1 fully saturated rings. The molecule has 10 heteroatoms. The van der Waals surface area contributed by atoms with Crippen molar-refractivity contribution in [3.05, 3.63) is 53.6 Å². The third-order valence-corrected chi connectivity index (χ3v) is 7.08. The summed E-state index contributed by atoms with van der Waals surface area (Å²) in [6, 6.07) is 10.5. The summed E-state index contributed by atoms with van der Waals surface area (Å²) in [7, 11) is -3.58. The van der Waals surface area contributed by atoms with E-state index in [-0.39, 0.29) is 47.7 Å². The van der Waals surface area contributed by atoms with Crippen LogP contribution in [-0.2, 0) is 10.0 Å². The number of benzene rings is 2. The van der Waals surface area contributed by atoms with Crippen LogP contribution in [0.3, 0.4) is 0 Å². The van der Waals surface area contributed by atoms with Crippen LogP contribution in [0.25, 0.3) is 0 Å². The number of carbonyl (C=O) groups is 1. The summed E-state index contributed by atoms with van der Waals surface area (Å²) in [6.45, 7) is 1.37. The fourth-order valence-electron chi connectivity index (χ4n) is 3.48. The number of carbonyl (C=O) groups excluding carboxylic acids is 1. The quantitative estimate of drug-likeness (QED) is 0.640. The second-order valence-corrected chi connectivity index (χ2v) is 9.38. The Morgan fingerprint density at radius 1 is 1.12 bits per heavy atom. The van der Waals surface area contributed by atoms with Gasteiger partial charge in [0.2, 0.25) is 10.0 Å². The van der Waals surface area contributed by atoms with E-state index in [1.807, 2.05) is 6.92 Å². The zero-order chi connectivity index (χ0) is 23.3. The van der Waals surface area contributed by atoms with Crippen molar-refractivity contribution >= 4 is 15.9 Å². The standard InChI is InChI=1S/C22H26F2N2O5S/c1-3-30-20-14-16(6-9-19(20)31-22(23)24)21(27)25-17-10-12-26(13-11-17)32(28,29)18-7-4-15(2)5-8-18/h4-9,14,17,22H,3,10-13H2,1-2H3,(H,25,27). The number of sulfonamides is 1. The van der Waals surface area contributed by atoms with Crippen molar-refractivity contribution in [2.45, 2.75) is 44.2 Å². The Labute approximate surface area is 186 Å². The molecule has 1 heterocycles. The zero-order valence-electron chi connectivity index (χ0n) is 17.9. The van der Waals surface area contributed by atoms with E-state index in [2.05, 4.69) is 10.1 Å². The van der Waals surface area contributed by atoms with Crippen LogP contribution in [0.5, 0.6) is 11.5 Å². The summed E-state index contributed by atoms with van der Waals surface area (Å²) in [5.41, 5.74) is 1.22. The molecule has 2 aromatic rings. The molecule has 0 saturated carbocycles. The normalized spacial score (nSPS) is 15.5. The van der Waals surface area contributed by atoms with Gasteiger partial charge in [-0.3, -0.25) is 4.79 Å². The van der Waals surface area contributed by atoms with Gasteiger partial charge in [-0.25, -0.2) is 8.42 Å². The summed E-state index contributed by atoms with van der Waals surface area (Å²) >= 11 is 0. The highest BCUT2D eigenvalue weighted by molar-refractivity contribution is 7.89. The topological polar surface area (TPSA) is 84.9 Å². The van der Waals surface area contributed by atoms with Crippen molar-refractivity contribution in [2.75, 3.05) is 19.7 Å². The second kappa shape index (κ2) is 10.3. The minimum absolute atomic E-state index is 0.0551. The number of ether oxygens (including phenoxy) is 2. The maximum atomic E-state index is 12.8. The van der Waals surface area contributed by atoms with E-state index >= 15 is 0 Å². The number of aryl methyl sites for hydroxylation is 1. The molecular formula is C22H26F2N2O5S. The van der Waals surface area contributed by atoms with Crippen molar-refractivity contribution in [1.82, 2.24) is 9.62 Å². The third kappa shape index (κ3) is 5.74. The molecule has 0 aliphatic carbocycles. The van der Waals surface area contributed by atoms with Gasteiger partial charge >= 0.3 is 6.61 Å². The molecule has 3 rings (SSSR count). The fraction of sp³-hybridized carbons (Fsp3) is 0.409. The number of piperidine rings is 1. The number of rotatable bonds is 8. The van der Waals surface area contributed by atoms with Gasteiger partial charge in [0.25, 0.3) is 5.91 Å². The minimum Gasteiger partial charge on any atom is -0.490 e. The number of amides is 1. The highest BCUT2D eigenvalue weighted by Gasteiger charge is 2.30. The Bertz CT molecular complexity index is 1040. The number of nitrogens with one attached hydrogen (secondary N) is 1. The average molecular weight is 469 g/mol. The zero-order valence-corrected chi connectivity index (χ0v) is 18.7. The van der Waals surface area contributed by atoms with Crippen LogP contribution in [0.4, 0.5) is 8.78 Å². The molecule has 2 aromatic carbocycles. The van der Waals surface area contributed by atoms with Crippen molar-refractivity contribution in [3.63, 3.8) is 0 Å². The summed E-state index contributed by atoms with van der Waals surface area (Å²) in [4.78, 5) is 12.9. The van der Waals surface area contributed by atoms with Gasteiger partial charge in [0, 0.05) is 24.7 Å². The minimum atomic E-state index is -3.58. The average Bonchev–Trinajstić information content (AvgIpc) is 2.75. The lowest BCUT2D eigenvalue weighted by Crippen LogP contribution is -2.46. The highest BCUT2D eigenvalue weighted by atomic mass is 32.2. The number of halogens is 2. The summed E-state index contributed by atoms with van der Waals surface area (Å²) in [6.07, 6.45) is 0.920. The lowest BCUT2D eigenvalue weighted by atomic mass is 10.1. The van der Waals surface area contributed by atoms with E-state index in [0.717, 1.165) is 5.56 Å². The Morgan fingerprint density at radius 2 is 1.78 bits per heavy atom. The van der Waals surface area contributed by atoms with Crippen molar-refractivity contribution in [1.29, 1.82) is 0 Å². The van der Waals surface area contributed by atoms with E-state index in [0.29, 0.717) is 12.8 Å². The molecule has 1 aliphatic heterocycles. The van der Waals surface area contributed by atoms with Crippen LogP contribution in [0.15, 0.2) is 47.4 Å². The van der Waals surface area contributed by atoms with E-state index in [9.17, 15) is 22.0 Å². The first-order chi connectivity index (χ1) is 15.2. The van der Waals surface area contributed by atoms with Crippen LogP contribution in [0.1, 0.15) is 35.7 Å². The first-order valence-corrected chi connectivity index (χ1v) is 11.7. The predicted molar refractivity (Wildman–Crippen MR) is 115 cm³/mol. The van der Waals surface area contributed by atoms with Crippen LogP contribution in [-0.4, -0.2) is 51.0 Å². The van der Waals surface area contributed by atoms with Gasteiger partial charge in [-0.15, -0.1) is 0 Å². The molecule has 174 valence electrons. The number of hydrogen-bond acceptors (Lipinski definition) is 5. The second-order valence-electron chi connectivity index (χ2n) is 7.44. The molecule has 0 radical (unpaired) electrons. The molecule has 1 aliphatic rings. The van der Waals surface area contributed by atoms with Crippen LogP contribution in [0.2, 0.25) is 0 Å². The van der Waals surface area contributed by atoms with E-state index in [1.54, 1.807) is 31.2 Å². The monoisotopic (exact) mass is 468 g/mol. The first kappa shape index (κ1) is 23.9. The number of alkyl halides is 2. The predicted octanol–water partition coefficient (Wildman–Crippen LogP) is 3.58. The molecule has 1 N–H and O–H groups in total. The van der Waals surface area contributed by atoms with Crippen molar-refractivity contribution in [2.24, 2.45) is 0 Å². The fourth-order valence-corrected chi connectivity index (χ4v) is 4.95. The van der Waals surface area contributed by atoms with E-state index in [4.69, 9.17) is 4.74 Å². The SMILES string of the molecule is CCOc1cc(C(=O)NC2CCN(S(=O)(=O)c3ccc(C)cc3)CC2)ccc1OC(F)F. The molecular weight excluding hydrogens is 442 g/mol. The van der Waals surface area contributed by atoms with Crippen molar-refractivity contribution in [3.8, 4) is 11.5 Å². The lowest BCUT2D eigenvalue weighted by molar-refractivity contribution is -0.0514. The maximum Gasteiger partial charge on any atom is 0.387 e. The molecule has 1 saturated heterocycles. The maximum absolute atomic E-state index is 12.8. The van der Waals surface area contributed by atoms with Gasteiger partial charge < -0.3 is 14.8 Å². The van der Waals surface area contributed by atoms with Crippen LogP contribution >= 0.6 is 0 Å². The van der Waals surface area contributed by atoms with E-state index < -0.39 is 22.5 Å². The van der Waals surface area contributed by atoms with Gasteiger partial charge in [-0.2, -0.15) is 13.1 Å². The summed E-state index contributed by atoms with van der Waals surface area (Å²) in [5, 5.41) is 2.88. The first-order valence-electron chi connectivity index (χ1n) is 10.3. The summed E-state index contributed by atoms with van der Waals surface area (Å²) < 4.78 is 61.9. The van der Waals surface area contributed by atoms with Crippen molar-refractivity contribution < 1.29 is 31.5 Å². The molecule has 0 unspecified atom stereocenters. The molecule has 32 heavy (non-hydrogen) atoms. The molecule has 1 amide bonds.